The molecule has 0 heterocycles. The number of carbonyl (C=O) groups excluding carboxylic acids is 1. The fourth-order valence-corrected chi connectivity index (χ4v) is 1.40. The van der Waals surface area contributed by atoms with E-state index in [2.05, 4.69) is 33.0 Å². The van der Waals surface area contributed by atoms with Crippen molar-refractivity contribution in [1.82, 2.24) is 5.32 Å². The Morgan fingerprint density at radius 3 is 2.36 bits per heavy atom. The quantitative estimate of drug-likeness (QED) is 0.712. The van der Waals surface area contributed by atoms with Gasteiger partial charge in [-0.1, -0.05) is 20.3 Å². The lowest BCUT2D eigenvalue weighted by Crippen LogP contribution is -2.37. The van der Waals surface area contributed by atoms with E-state index in [0.29, 0.717) is 12.2 Å². The van der Waals surface area contributed by atoms with E-state index in [4.69, 9.17) is 0 Å². The zero-order valence-corrected chi connectivity index (χ0v) is 10.3. The van der Waals surface area contributed by atoms with E-state index >= 15 is 0 Å². The molecule has 1 atom stereocenters. The molecule has 0 saturated heterocycles. The SMILES string of the molecule is CCCC(C)C(=O)CCNC(C)(C)C. The maximum absolute atomic E-state index is 11.6. The zero-order valence-electron chi connectivity index (χ0n) is 10.3. The predicted octanol–water partition coefficient (Wildman–Crippen LogP) is 2.77. The molecule has 0 saturated carbocycles. The molecule has 0 aliphatic carbocycles. The molecule has 0 aliphatic heterocycles. The van der Waals surface area contributed by atoms with Crippen molar-refractivity contribution in [3.8, 4) is 0 Å². The zero-order chi connectivity index (χ0) is 11.2. The standard InChI is InChI=1S/C12H25NO/c1-6-7-10(2)11(14)8-9-13-12(3,4)5/h10,13H,6-9H2,1-5H3. The van der Waals surface area contributed by atoms with E-state index in [1.54, 1.807) is 0 Å². The van der Waals surface area contributed by atoms with Crippen LogP contribution in [-0.2, 0) is 4.79 Å². The minimum absolute atomic E-state index is 0.119. The average molecular weight is 199 g/mol. The lowest BCUT2D eigenvalue weighted by molar-refractivity contribution is -0.122. The molecule has 2 nitrogen and oxygen atoms in total. The summed E-state index contributed by atoms with van der Waals surface area (Å²) in [4.78, 5) is 11.6. The third-order valence-electron chi connectivity index (χ3n) is 2.30. The van der Waals surface area contributed by atoms with Gasteiger partial charge in [-0.3, -0.25) is 4.79 Å². The Balaban J connectivity index is 3.64. The summed E-state index contributed by atoms with van der Waals surface area (Å²) in [5.74, 6) is 0.630. The molecular weight excluding hydrogens is 174 g/mol. The molecule has 1 unspecified atom stereocenters. The summed E-state index contributed by atoms with van der Waals surface area (Å²) in [6.07, 6.45) is 2.78. The van der Waals surface area contributed by atoms with Crippen LogP contribution in [0.25, 0.3) is 0 Å². The van der Waals surface area contributed by atoms with Gasteiger partial charge in [-0.15, -0.1) is 0 Å². The van der Waals surface area contributed by atoms with Crippen molar-refractivity contribution in [3.63, 3.8) is 0 Å². The number of hydrogen-bond donors (Lipinski definition) is 1. The highest BCUT2D eigenvalue weighted by atomic mass is 16.1. The van der Waals surface area contributed by atoms with Crippen molar-refractivity contribution in [3.05, 3.63) is 0 Å². The lowest BCUT2D eigenvalue weighted by atomic mass is 9.98. The predicted molar refractivity (Wildman–Crippen MR) is 61.5 cm³/mol. The van der Waals surface area contributed by atoms with E-state index in [1.165, 1.54) is 0 Å². The van der Waals surface area contributed by atoms with Gasteiger partial charge in [0.05, 0.1) is 0 Å². The molecule has 0 bridgehead atoms. The van der Waals surface area contributed by atoms with Gasteiger partial charge in [0, 0.05) is 24.4 Å². The first-order valence-electron chi connectivity index (χ1n) is 5.64. The molecule has 0 aromatic heterocycles. The van der Waals surface area contributed by atoms with Crippen LogP contribution in [-0.4, -0.2) is 17.9 Å². The Morgan fingerprint density at radius 2 is 1.93 bits per heavy atom. The van der Waals surface area contributed by atoms with Crippen LogP contribution in [0.5, 0.6) is 0 Å². The summed E-state index contributed by atoms with van der Waals surface area (Å²) in [6, 6.07) is 0. The Kier molecular flexibility index (Phi) is 6.01. The normalized spacial score (nSPS) is 14.1. The maximum atomic E-state index is 11.6. The first-order chi connectivity index (χ1) is 6.37. The molecule has 0 spiro atoms. The molecule has 0 amide bonds. The highest BCUT2D eigenvalue weighted by Gasteiger charge is 2.13. The summed E-state index contributed by atoms with van der Waals surface area (Å²) in [5, 5.41) is 3.33. The second-order valence-corrected chi connectivity index (χ2v) is 5.08. The third-order valence-corrected chi connectivity index (χ3v) is 2.30. The summed E-state index contributed by atoms with van der Waals surface area (Å²) in [5.41, 5.74) is 0.119. The Hall–Kier alpha value is -0.370. The van der Waals surface area contributed by atoms with Crippen molar-refractivity contribution in [1.29, 1.82) is 0 Å². The molecule has 0 radical (unpaired) electrons. The van der Waals surface area contributed by atoms with E-state index in [1.807, 2.05) is 6.92 Å². The van der Waals surface area contributed by atoms with Gasteiger partial charge >= 0.3 is 0 Å². The van der Waals surface area contributed by atoms with Gasteiger partial charge in [0.2, 0.25) is 0 Å². The van der Waals surface area contributed by atoms with Crippen LogP contribution in [0.1, 0.15) is 53.9 Å². The molecule has 0 rings (SSSR count). The van der Waals surface area contributed by atoms with Gasteiger partial charge in [-0.2, -0.15) is 0 Å². The van der Waals surface area contributed by atoms with E-state index < -0.39 is 0 Å². The van der Waals surface area contributed by atoms with E-state index in [-0.39, 0.29) is 11.5 Å². The molecule has 2 heteroatoms. The van der Waals surface area contributed by atoms with Crippen LogP contribution in [0.4, 0.5) is 0 Å². The van der Waals surface area contributed by atoms with Crippen LogP contribution in [0.2, 0.25) is 0 Å². The molecule has 1 N–H and O–H groups in total. The molecule has 14 heavy (non-hydrogen) atoms. The van der Waals surface area contributed by atoms with Crippen molar-refractivity contribution >= 4 is 5.78 Å². The second-order valence-electron chi connectivity index (χ2n) is 5.08. The number of nitrogens with one attached hydrogen (secondary N) is 1. The Bertz CT molecular complexity index is 170. The number of rotatable bonds is 6. The van der Waals surface area contributed by atoms with Gasteiger partial charge < -0.3 is 5.32 Å². The van der Waals surface area contributed by atoms with Gasteiger partial charge in [0.1, 0.15) is 5.78 Å². The van der Waals surface area contributed by atoms with Crippen LogP contribution in [0.15, 0.2) is 0 Å². The smallest absolute Gasteiger partial charge is 0.136 e. The van der Waals surface area contributed by atoms with Crippen LogP contribution in [0.3, 0.4) is 0 Å². The van der Waals surface area contributed by atoms with Gasteiger partial charge in [-0.05, 0) is 27.2 Å². The van der Waals surface area contributed by atoms with E-state index in [9.17, 15) is 4.79 Å². The van der Waals surface area contributed by atoms with Crippen LogP contribution in [0, 0.1) is 5.92 Å². The highest BCUT2D eigenvalue weighted by Crippen LogP contribution is 2.08. The fraction of sp³-hybridized carbons (Fsp3) is 0.917. The van der Waals surface area contributed by atoms with Gasteiger partial charge in [-0.25, -0.2) is 0 Å². The van der Waals surface area contributed by atoms with Crippen molar-refractivity contribution in [2.45, 2.75) is 59.4 Å². The summed E-state index contributed by atoms with van der Waals surface area (Å²) < 4.78 is 0. The van der Waals surface area contributed by atoms with Crippen LogP contribution < -0.4 is 5.32 Å². The largest absolute Gasteiger partial charge is 0.312 e. The summed E-state index contributed by atoms with van der Waals surface area (Å²) in [7, 11) is 0. The van der Waals surface area contributed by atoms with E-state index in [0.717, 1.165) is 19.4 Å². The minimum Gasteiger partial charge on any atom is -0.312 e. The van der Waals surface area contributed by atoms with Crippen molar-refractivity contribution in [2.75, 3.05) is 6.54 Å². The lowest BCUT2D eigenvalue weighted by Gasteiger charge is -2.20. The molecule has 0 fully saturated rings. The minimum atomic E-state index is 0.119. The molecular formula is C12H25NO. The Labute approximate surface area is 88.5 Å². The first kappa shape index (κ1) is 13.6. The first-order valence-corrected chi connectivity index (χ1v) is 5.64. The number of ketones is 1. The van der Waals surface area contributed by atoms with Crippen LogP contribution >= 0.6 is 0 Å². The molecule has 0 aromatic carbocycles. The van der Waals surface area contributed by atoms with Crippen molar-refractivity contribution in [2.24, 2.45) is 5.92 Å². The number of Topliss-reactive ketones (excluding diaryl/α,β-unsaturated/α-hetero) is 1. The molecule has 0 aromatic rings. The maximum Gasteiger partial charge on any atom is 0.136 e. The highest BCUT2D eigenvalue weighted by molar-refractivity contribution is 5.80. The second kappa shape index (κ2) is 6.18. The topological polar surface area (TPSA) is 29.1 Å². The molecule has 0 aliphatic rings. The average Bonchev–Trinajstić information content (AvgIpc) is 2.02. The monoisotopic (exact) mass is 199 g/mol. The summed E-state index contributed by atoms with van der Waals surface area (Å²) >= 11 is 0. The Morgan fingerprint density at radius 1 is 1.36 bits per heavy atom. The molecule has 84 valence electrons. The van der Waals surface area contributed by atoms with Gasteiger partial charge in [0.15, 0.2) is 0 Å². The summed E-state index contributed by atoms with van der Waals surface area (Å²) in [6.45, 7) is 11.3. The fourth-order valence-electron chi connectivity index (χ4n) is 1.40. The van der Waals surface area contributed by atoms with Gasteiger partial charge in [0.25, 0.3) is 0 Å². The third kappa shape index (κ3) is 7.07. The number of carbonyl (C=O) groups is 1. The van der Waals surface area contributed by atoms with Crippen molar-refractivity contribution < 1.29 is 4.79 Å². The number of hydrogen-bond acceptors (Lipinski definition) is 2.